The number of hydrogen-bond donors (Lipinski definition) is 3. The molecule has 4 amide bonds. The molecule has 14 nitrogen and oxygen atoms in total. The zero-order chi connectivity index (χ0) is 42.9. The number of carbonyl (C=O) groups is 4. The van der Waals surface area contributed by atoms with Crippen LogP contribution in [0.25, 0.3) is 10.1 Å². The van der Waals surface area contributed by atoms with Gasteiger partial charge in [-0.1, -0.05) is 115 Å². The summed E-state index contributed by atoms with van der Waals surface area (Å²) in [5.74, 6) is -3.10. The summed E-state index contributed by atoms with van der Waals surface area (Å²) < 4.78 is 6.10. The highest BCUT2D eigenvalue weighted by atomic mass is 32.1. The predicted octanol–water partition coefficient (Wildman–Crippen LogP) is 7.83. The first kappa shape index (κ1) is 39.2. The monoisotopic (exact) mass is 839 g/mol. The second-order valence-corrected chi connectivity index (χ2v) is 15.1. The molecule has 0 radical (unpaired) electrons. The molecule has 2 atom stereocenters. The number of thiophene rings is 1. The van der Waals surface area contributed by atoms with E-state index < -0.39 is 40.9 Å². The highest BCUT2D eigenvalue weighted by molar-refractivity contribution is 7.23. The summed E-state index contributed by atoms with van der Waals surface area (Å²) in [7, 11) is 1.26. The van der Waals surface area contributed by atoms with Crippen molar-refractivity contribution in [3.63, 3.8) is 0 Å². The van der Waals surface area contributed by atoms with Crippen molar-refractivity contribution in [3.05, 3.63) is 195 Å². The number of anilines is 3. The van der Waals surface area contributed by atoms with Crippen molar-refractivity contribution in [3.8, 4) is 5.75 Å². The molecule has 15 heteroatoms. The Morgan fingerprint density at radius 1 is 0.726 bits per heavy atom. The van der Waals surface area contributed by atoms with Crippen LogP contribution in [0.3, 0.4) is 0 Å². The fraction of sp³-hybridized carbons (Fsp3) is 0.0638. The van der Waals surface area contributed by atoms with E-state index in [0.717, 1.165) is 28.4 Å². The Hall–Kier alpha value is -8.30. The zero-order valence-electron chi connectivity index (χ0n) is 32.6. The Kier molecular flexibility index (Phi) is 10.4. The van der Waals surface area contributed by atoms with Crippen LogP contribution in [-0.4, -0.2) is 59.4 Å². The molecule has 1 aromatic heterocycles. The van der Waals surface area contributed by atoms with E-state index in [9.17, 15) is 19.7 Å². The van der Waals surface area contributed by atoms with E-state index in [2.05, 4.69) is 16.0 Å². The van der Waals surface area contributed by atoms with Crippen molar-refractivity contribution in [2.24, 2.45) is 9.98 Å². The standard InChI is InChI=1S/C47H33N7O7S/c1-61-36-26-29(54(59)60)24-25-32(36)46(58)53(42-45(57)49-35-22-12-9-19-31(35)40(51-42)28-16-6-3-7-17-28)47-38(33-20-10-13-23-37(33)62-47)43(55)52-41-44(56)48-34-21-11-8-18-30(34)39(50-41)27-14-4-2-5-15-27/h2-26,41-42H,1H3,(H,48,56)(H,49,57)(H,52,55)/t41?,42-/m0/s1. The topological polar surface area (TPSA) is 185 Å². The number of amides is 4. The van der Waals surface area contributed by atoms with E-state index >= 15 is 9.59 Å². The summed E-state index contributed by atoms with van der Waals surface area (Å²) in [5, 5.41) is 20.9. The highest BCUT2D eigenvalue weighted by Crippen LogP contribution is 2.42. The number of hydrogen-bond acceptors (Lipinski definition) is 10. The van der Waals surface area contributed by atoms with Crippen molar-refractivity contribution in [2.45, 2.75) is 12.3 Å². The molecule has 9 rings (SSSR count). The van der Waals surface area contributed by atoms with Crippen LogP contribution in [-0.2, 0) is 9.59 Å². The number of carbonyl (C=O) groups excluding carboxylic acids is 4. The molecule has 3 heterocycles. The van der Waals surface area contributed by atoms with Gasteiger partial charge in [0.15, 0.2) is 0 Å². The van der Waals surface area contributed by atoms with Crippen LogP contribution in [0.2, 0.25) is 0 Å². The van der Waals surface area contributed by atoms with Crippen LogP contribution in [0, 0.1) is 10.1 Å². The lowest BCUT2D eigenvalue weighted by atomic mass is 10.0. The van der Waals surface area contributed by atoms with Gasteiger partial charge in [0.1, 0.15) is 10.8 Å². The summed E-state index contributed by atoms with van der Waals surface area (Å²) in [6.45, 7) is 0. The van der Waals surface area contributed by atoms with Gasteiger partial charge in [0, 0.05) is 38.4 Å². The van der Waals surface area contributed by atoms with Crippen LogP contribution < -0.4 is 25.6 Å². The summed E-state index contributed by atoms with van der Waals surface area (Å²) in [6, 6.07) is 43.1. The van der Waals surface area contributed by atoms with E-state index in [4.69, 9.17) is 14.7 Å². The maximum absolute atomic E-state index is 15.4. The molecule has 2 aliphatic heterocycles. The summed E-state index contributed by atoms with van der Waals surface area (Å²) in [5.41, 5.74) is 3.82. The van der Waals surface area contributed by atoms with Gasteiger partial charge in [-0.05, 0) is 24.3 Å². The van der Waals surface area contributed by atoms with E-state index in [1.54, 1.807) is 60.7 Å². The number of nitro benzene ring substituents is 1. The van der Waals surface area contributed by atoms with Gasteiger partial charge in [0.05, 0.1) is 52.0 Å². The van der Waals surface area contributed by atoms with Crippen LogP contribution in [0.4, 0.5) is 22.1 Å². The molecule has 0 spiro atoms. The van der Waals surface area contributed by atoms with E-state index in [0.29, 0.717) is 55.1 Å². The fourth-order valence-corrected chi connectivity index (χ4v) is 8.68. The minimum Gasteiger partial charge on any atom is -0.496 e. The molecule has 0 saturated carbocycles. The first-order valence-electron chi connectivity index (χ1n) is 19.3. The average Bonchev–Trinajstić information content (AvgIpc) is 3.54. The van der Waals surface area contributed by atoms with Gasteiger partial charge in [0.25, 0.3) is 29.3 Å². The first-order chi connectivity index (χ1) is 30.2. The Labute approximate surface area is 357 Å². The lowest BCUT2D eigenvalue weighted by molar-refractivity contribution is -0.384. The number of nitrogens with one attached hydrogen (secondary N) is 3. The maximum Gasteiger partial charge on any atom is 0.273 e. The molecular weight excluding hydrogens is 807 g/mol. The van der Waals surface area contributed by atoms with Gasteiger partial charge in [-0.15, -0.1) is 11.3 Å². The number of benzodiazepines with no additional fused rings is 2. The van der Waals surface area contributed by atoms with Gasteiger partial charge in [-0.25, -0.2) is 9.98 Å². The number of aliphatic imine (C=N–C) groups is 2. The van der Waals surface area contributed by atoms with Gasteiger partial charge >= 0.3 is 0 Å². The van der Waals surface area contributed by atoms with Crippen molar-refractivity contribution in [1.82, 2.24) is 5.32 Å². The number of ether oxygens (including phenoxy) is 1. The largest absolute Gasteiger partial charge is 0.496 e. The number of para-hydroxylation sites is 2. The molecule has 7 aromatic rings. The normalized spacial score (nSPS) is 15.6. The minimum atomic E-state index is -1.66. The molecule has 0 saturated heterocycles. The third kappa shape index (κ3) is 7.22. The number of nitro groups is 1. The summed E-state index contributed by atoms with van der Waals surface area (Å²) in [4.78, 5) is 81.2. The van der Waals surface area contributed by atoms with Crippen LogP contribution >= 0.6 is 11.3 Å². The molecule has 1 unspecified atom stereocenters. The Morgan fingerprint density at radius 2 is 1.29 bits per heavy atom. The first-order valence-corrected chi connectivity index (χ1v) is 20.1. The van der Waals surface area contributed by atoms with Gasteiger partial charge < -0.3 is 20.7 Å². The SMILES string of the molecule is COc1cc([N+](=O)[O-])ccc1C(=O)N(c1sc2ccccc2c1C(=O)NC1N=C(c2ccccc2)c2ccccc2NC1=O)[C@@H]1N=C(c2ccccc2)c2ccccc2NC1=O. The third-order valence-electron chi connectivity index (χ3n) is 10.3. The average molecular weight is 840 g/mol. The fourth-order valence-electron chi connectivity index (χ4n) is 7.46. The number of fused-ring (bicyclic) bond motifs is 3. The lowest BCUT2D eigenvalue weighted by Crippen LogP contribution is -2.48. The second-order valence-electron chi connectivity index (χ2n) is 14.1. The van der Waals surface area contributed by atoms with Gasteiger partial charge in [-0.3, -0.25) is 34.2 Å². The molecule has 6 aromatic carbocycles. The summed E-state index contributed by atoms with van der Waals surface area (Å²) in [6.07, 6.45) is -3.11. The van der Waals surface area contributed by atoms with Crippen LogP contribution in [0.5, 0.6) is 5.75 Å². The number of rotatable bonds is 9. The number of non-ortho nitro benzene ring substituents is 1. The molecule has 304 valence electrons. The Morgan fingerprint density at radius 3 is 1.92 bits per heavy atom. The quantitative estimate of drug-likeness (QED) is 0.0977. The summed E-state index contributed by atoms with van der Waals surface area (Å²) >= 11 is 1.05. The highest BCUT2D eigenvalue weighted by Gasteiger charge is 2.40. The Bertz CT molecular complexity index is 3020. The predicted molar refractivity (Wildman–Crippen MR) is 238 cm³/mol. The van der Waals surface area contributed by atoms with Gasteiger partial charge in [-0.2, -0.15) is 0 Å². The van der Waals surface area contributed by atoms with Crippen molar-refractivity contribution >= 4 is 78.5 Å². The zero-order valence-corrected chi connectivity index (χ0v) is 33.5. The minimum absolute atomic E-state index is 0.000882. The van der Waals surface area contributed by atoms with E-state index in [1.807, 2.05) is 72.8 Å². The van der Waals surface area contributed by atoms with Crippen molar-refractivity contribution < 1.29 is 28.8 Å². The molecule has 0 bridgehead atoms. The molecule has 3 N–H and O–H groups in total. The van der Waals surface area contributed by atoms with E-state index in [-0.39, 0.29) is 27.6 Å². The number of benzene rings is 6. The van der Waals surface area contributed by atoms with Crippen LogP contribution in [0.15, 0.2) is 162 Å². The molecule has 62 heavy (non-hydrogen) atoms. The molecule has 0 aliphatic carbocycles. The molecular formula is C47H33N7O7S. The van der Waals surface area contributed by atoms with Gasteiger partial charge in [0.2, 0.25) is 12.3 Å². The maximum atomic E-state index is 15.4. The third-order valence-corrected chi connectivity index (χ3v) is 11.5. The molecule has 0 fully saturated rings. The van der Waals surface area contributed by atoms with Crippen LogP contribution in [0.1, 0.15) is 43.0 Å². The number of methoxy groups -OCH3 is 1. The smallest absolute Gasteiger partial charge is 0.273 e. The Balaban J connectivity index is 1.24. The lowest BCUT2D eigenvalue weighted by Gasteiger charge is -2.28. The second kappa shape index (κ2) is 16.4. The van der Waals surface area contributed by atoms with Crippen molar-refractivity contribution in [1.29, 1.82) is 0 Å². The van der Waals surface area contributed by atoms with Crippen molar-refractivity contribution in [2.75, 3.05) is 22.6 Å². The molecule has 2 aliphatic rings. The van der Waals surface area contributed by atoms with E-state index in [1.165, 1.54) is 13.2 Å². The number of nitrogens with zero attached hydrogens (tertiary/aromatic N) is 4.